The van der Waals surface area contributed by atoms with Crippen molar-refractivity contribution in [3.63, 3.8) is 0 Å². The van der Waals surface area contributed by atoms with Crippen LogP contribution in [0, 0.1) is 13.8 Å². The number of hydrogen-bond acceptors (Lipinski definition) is 3. The second-order valence-electron chi connectivity index (χ2n) is 5.82. The summed E-state index contributed by atoms with van der Waals surface area (Å²) in [5, 5.41) is 2.88. The summed E-state index contributed by atoms with van der Waals surface area (Å²) in [5.41, 5.74) is 2.27. The number of carbonyl (C=O) groups excluding carboxylic acids is 1. The second kappa shape index (κ2) is 7.49. The number of amides is 2. The van der Waals surface area contributed by atoms with Gasteiger partial charge in [0.05, 0.1) is 19.2 Å². The second-order valence-corrected chi connectivity index (χ2v) is 5.82. The van der Waals surface area contributed by atoms with Crippen LogP contribution in [-0.2, 0) is 4.74 Å². The number of benzene rings is 1. The highest BCUT2D eigenvalue weighted by atomic mass is 16.5. The molecule has 0 aliphatic carbocycles. The Morgan fingerprint density at radius 1 is 1.36 bits per heavy atom. The maximum Gasteiger partial charge on any atom is 0.317 e. The molecule has 122 valence electrons. The number of nitrogens with zero attached hydrogens (tertiary/aromatic N) is 1. The van der Waals surface area contributed by atoms with Crippen LogP contribution in [0.5, 0.6) is 5.75 Å². The van der Waals surface area contributed by atoms with Gasteiger partial charge in [0.25, 0.3) is 0 Å². The lowest BCUT2D eigenvalue weighted by molar-refractivity contribution is 0.0393. The normalized spacial score (nSPS) is 16.1. The zero-order chi connectivity index (χ0) is 16.1. The number of aryl methyl sites for hydroxylation is 2. The molecule has 1 aromatic rings. The van der Waals surface area contributed by atoms with Crippen molar-refractivity contribution in [1.82, 2.24) is 10.2 Å². The molecule has 0 spiro atoms. The Morgan fingerprint density at radius 3 is 2.59 bits per heavy atom. The number of rotatable bonds is 6. The van der Waals surface area contributed by atoms with Gasteiger partial charge in [-0.3, -0.25) is 0 Å². The van der Waals surface area contributed by atoms with E-state index in [-0.39, 0.29) is 18.2 Å². The summed E-state index contributed by atoms with van der Waals surface area (Å²) in [7, 11) is 0. The Labute approximate surface area is 132 Å². The molecule has 2 amide bonds. The van der Waals surface area contributed by atoms with E-state index < -0.39 is 0 Å². The Balaban J connectivity index is 1.74. The maximum absolute atomic E-state index is 12.0. The summed E-state index contributed by atoms with van der Waals surface area (Å²) >= 11 is 0. The minimum Gasteiger partial charge on any atom is -0.486 e. The summed E-state index contributed by atoms with van der Waals surface area (Å²) in [6.45, 7) is 10.4. The Morgan fingerprint density at radius 2 is 2.00 bits per heavy atom. The highest BCUT2D eigenvalue weighted by molar-refractivity contribution is 5.75. The van der Waals surface area contributed by atoms with Gasteiger partial charge in [-0.05, 0) is 38.8 Å². The fraction of sp³-hybridized carbons (Fsp3) is 0.588. The van der Waals surface area contributed by atoms with E-state index in [2.05, 4.69) is 5.32 Å². The van der Waals surface area contributed by atoms with Crippen LogP contribution in [0.2, 0.25) is 0 Å². The monoisotopic (exact) mass is 306 g/mol. The van der Waals surface area contributed by atoms with E-state index in [0.717, 1.165) is 16.9 Å². The van der Waals surface area contributed by atoms with Gasteiger partial charge >= 0.3 is 6.03 Å². The molecule has 22 heavy (non-hydrogen) atoms. The molecule has 5 nitrogen and oxygen atoms in total. The first-order valence-corrected chi connectivity index (χ1v) is 7.88. The highest BCUT2D eigenvalue weighted by Crippen LogP contribution is 2.25. The van der Waals surface area contributed by atoms with Crippen LogP contribution in [0.3, 0.4) is 0 Å². The standard InChI is InChI=1S/C17H26N2O3/c1-5-21-14(4)9-18-17(20)19-10-15(11-19)22-16-12(2)7-6-8-13(16)3/h6-8,14-15H,5,9-11H2,1-4H3,(H,18,20)/t14-/m0/s1. The summed E-state index contributed by atoms with van der Waals surface area (Å²) in [4.78, 5) is 13.7. The molecule has 0 radical (unpaired) electrons. The summed E-state index contributed by atoms with van der Waals surface area (Å²) in [5.74, 6) is 0.942. The number of para-hydroxylation sites is 1. The molecular weight excluding hydrogens is 280 g/mol. The van der Waals surface area contributed by atoms with E-state index in [1.54, 1.807) is 4.90 Å². The van der Waals surface area contributed by atoms with Crippen LogP contribution in [0.25, 0.3) is 0 Å². The van der Waals surface area contributed by atoms with Crippen LogP contribution < -0.4 is 10.1 Å². The molecule has 1 fully saturated rings. The lowest BCUT2D eigenvalue weighted by Gasteiger charge is -2.39. The first kappa shape index (κ1) is 16.6. The smallest absolute Gasteiger partial charge is 0.317 e. The molecule has 1 atom stereocenters. The van der Waals surface area contributed by atoms with Gasteiger partial charge in [0, 0.05) is 13.2 Å². The molecule has 1 aliphatic heterocycles. The fourth-order valence-corrected chi connectivity index (χ4v) is 2.52. The van der Waals surface area contributed by atoms with Crippen molar-refractivity contribution in [3.05, 3.63) is 29.3 Å². The third-order valence-electron chi connectivity index (χ3n) is 3.82. The third kappa shape index (κ3) is 4.13. The van der Waals surface area contributed by atoms with Crippen molar-refractivity contribution < 1.29 is 14.3 Å². The lowest BCUT2D eigenvalue weighted by atomic mass is 10.1. The van der Waals surface area contributed by atoms with Crippen molar-refractivity contribution in [2.24, 2.45) is 0 Å². The number of nitrogens with one attached hydrogen (secondary N) is 1. The molecule has 0 bridgehead atoms. The molecule has 5 heteroatoms. The number of ether oxygens (including phenoxy) is 2. The number of likely N-dealkylation sites (tertiary alicyclic amines) is 1. The van der Waals surface area contributed by atoms with E-state index >= 15 is 0 Å². The summed E-state index contributed by atoms with van der Waals surface area (Å²) in [6, 6.07) is 6.06. The average molecular weight is 306 g/mol. The summed E-state index contributed by atoms with van der Waals surface area (Å²) < 4.78 is 11.4. The molecule has 1 N–H and O–H groups in total. The van der Waals surface area contributed by atoms with Crippen molar-refractivity contribution in [2.45, 2.75) is 39.9 Å². The van der Waals surface area contributed by atoms with Gasteiger partial charge in [-0.1, -0.05) is 18.2 Å². The highest BCUT2D eigenvalue weighted by Gasteiger charge is 2.32. The maximum atomic E-state index is 12.0. The molecule has 1 aromatic carbocycles. The van der Waals surface area contributed by atoms with Gasteiger partial charge in [-0.15, -0.1) is 0 Å². The van der Waals surface area contributed by atoms with E-state index in [9.17, 15) is 4.79 Å². The molecule has 0 aromatic heterocycles. The number of carbonyl (C=O) groups is 1. The van der Waals surface area contributed by atoms with Crippen LogP contribution in [0.15, 0.2) is 18.2 Å². The van der Waals surface area contributed by atoms with Crippen molar-refractivity contribution in [2.75, 3.05) is 26.2 Å². The van der Waals surface area contributed by atoms with Gasteiger partial charge in [0.15, 0.2) is 0 Å². The topological polar surface area (TPSA) is 50.8 Å². The van der Waals surface area contributed by atoms with Crippen LogP contribution in [0.1, 0.15) is 25.0 Å². The van der Waals surface area contributed by atoms with Crippen molar-refractivity contribution in [3.8, 4) is 5.75 Å². The molecule has 0 unspecified atom stereocenters. The van der Waals surface area contributed by atoms with Gasteiger partial charge in [-0.2, -0.15) is 0 Å². The van der Waals surface area contributed by atoms with Gasteiger partial charge < -0.3 is 19.7 Å². The van der Waals surface area contributed by atoms with E-state index in [0.29, 0.717) is 26.2 Å². The Hall–Kier alpha value is -1.75. The van der Waals surface area contributed by atoms with Crippen molar-refractivity contribution >= 4 is 6.03 Å². The largest absolute Gasteiger partial charge is 0.486 e. The van der Waals surface area contributed by atoms with Gasteiger partial charge in [0.1, 0.15) is 11.9 Å². The molecule has 1 saturated heterocycles. The molecular formula is C17H26N2O3. The van der Waals surface area contributed by atoms with Crippen LogP contribution >= 0.6 is 0 Å². The molecule has 2 rings (SSSR count). The quantitative estimate of drug-likeness (QED) is 0.878. The van der Waals surface area contributed by atoms with Crippen LogP contribution in [-0.4, -0.2) is 49.4 Å². The van der Waals surface area contributed by atoms with Gasteiger partial charge in [0.2, 0.25) is 0 Å². The zero-order valence-electron chi connectivity index (χ0n) is 13.9. The average Bonchev–Trinajstić information content (AvgIpc) is 2.42. The Bertz CT molecular complexity index is 492. The number of hydrogen-bond donors (Lipinski definition) is 1. The summed E-state index contributed by atoms with van der Waals surface area (Å²) in [6.07, 6.45) is 0.117. The Kier molecular flexibility index (Phi) is 5.66. The number of urea groups is 1. The lowest BCUT2D eigenvalue weighted by Crippen LogP contribution is -2.59. The van der Waals surface area contributed by atoms with Crippen molar-refractivity contribution in [1.29, 1.82) is 0 Å². The predicted molar refractivity (Wildman–Crippen MR) is 86.4 cm³/mol. The SMILES string of the molecule is CCO[C@@H](C)CNC(=O)N1CC(Oc2c(C)cccc2C)C1. The first-order chi connectivity index (χ1) is 10.5. The van der Waals surface area contributed by atoms with E-state index in [4.69, 9.17) is 9.47 Å². The van der Waals surface area contributed by atoms with Gasteiger partial charge in [-0.25, -0.2) is 4.79 Å². The third-order valence-corrected chi connectivity index (χ3v) is 3.82. The molecule has 1 aliphatic rings. The van der Waals surface area contributed by atoms with E-state index in [1.807, 2.05) is 45.9 Å². The fourth-order valence-electron chi connectivity index (χ4n) is 2.52. The minimum absolute atomic E-state index is 0.0388. The zero-order valence-corrected chi connectivity index (χ0v) is 13.9. The first-order valence-electron chi connectivity index (χ1n) is 7.88. The predicted octanol–water partition coefficient (Wildman–Crippen LogP) is 2.50. The van der Waals surface area contributed by atoms with Crippen LogP contribution in [0.4, 0.5) is 4.79 Å². The molecule has 1 heterocycles. The van der Waals surface area contributed by atoms with E-state index in [1.165, 1.54) is 0 Å². The minimum atomic E-state index is -0.0482. The molecule has 0 saturated carbocycles.